The first-order chi connectivity index (χ1) is 4.33. The van der Waals surface area contributed by atoms with Gasteiger partial charge in [-0.1, -0.05) is 11.3 Å². The van der Waals surface area contributed by atoms with Crippen LogP contribution in [0.15, 0.2) is 0 Å². The van der Waals surface area contributed by atoms with Crippen LogP contribution in [0.2, 0.25) is 0 Å². The molecule has 0 unspecified atom stereocenters. The van der Waals surface area contributed by atoms with Gasteiger partial charge in [0.05, 0.1) is 0 Å². The molecule has 0 atom stereocenters. The first-order valence-electron chi connectivity index (χ1n) is 2.75. The van der Waals surface area contributed by atoms with Crippen molar-refractivity contribution >= 4 is 16.5 Å². The number of hydrogen-bond donors (Lipinski definition) is 1. The van der Waals surface area contributed by atoms with Crippen LogP contribution in [-0.2, 0) is 39.1 Å². The molecule has 0 amide bonds. The zero-order chi connectivity index (χ0) is 6.69. The van der Waals surface area contributed by atoms with Crippen LogP contribution in [0, 0.1) is 13.1 Å². The Morgan fingerprint density at radius 1 is 1.70 bits per heavy atom. The van der Waals surface area contributed by atoms with Gasteiger partial charge < -0.3 is 17.6 Å². The summed E-state index contributed by atoms with van der Waals surface area (Å²) in [6.45, 7) is 3.71. The van der Waals surface area contributed by atoms with Gasteiger partial charge in [0.2, 0.25) is 0 Å². The maximum Gasteiger partial charge on any atom is 0.0212 e. The normalized spacial score (nSPS) is 8.90. The van der Waals surface area contributed by atoms with Crippen LogP contribution in [0.5, 0.6) is 0 Å². The molecule has 4 heteroatoms. The minimum Gasteiger partial charge on any atom is -0.452 e. The van der Waals surface area contributed by atoms with Crippen molar-refractivity contribution in [1.82, 2.24) is 4.98 Å². The molecule has 1 aromatic rings. The van der Waals surface area contributed by atoms with Gasteiger partial charge in [0.25, 0.3) is 0 Å². The van der Waals surface area contributed by atoms with Crippen LogP contribution in [0.1, 0.15) is 11.3 Å². The van der Waals surface area contributed by atoms with Gasteiger partial charge in [-0.2, -0.15) is 6.42 Å². The summed E-state index contributed by atoms with van der Waals surface area (Å²) in [5, 5.41) is 0.596. The van der Waals surface area contributed by atoms with Crippen molar-refractivity contribution in [3.63, 3.8) is 0 Å². The maximum atomic E-state index is 5.36. The quantitative estimate of drug-likeness (QED) is 0.776. The molecule has 0 fully saturated rings. The zero-order valence-corrected chi connectivity index (χ0v) is 9.29. The molecule has 53 valence electrons. The predicted octanol–water partition coefficient (Wildman–Crippen LogP) is 1.29. The number of anilines is 1. The molecule has 0 spiro atoms. The molecule has 1 aromatic heterocycles. The summed E-state index contributed by atoms with van der Waals surface area (Å²) in [6.07, 6.45) is 4.64. The van der Waals surface area contributed by atoms with E-state index in [4.69, 9.17) is 5.73 Å². The first kappa shape index (κ1) is 10.5. The van der Waals surface area contributed by atoms with Crippen molar-refractivity contribution in [3.8, 4) is 0 Å². The van der Waals surface area contributed by atoms with Gasteiger partial charge in [0, 0.05) is 37.8 Å². The summed E-state index contributed by atoms with van der Waals surface area (Å²) in [4.78, 5) is 4.88. The molecule has 0 saturated heterocycles. The minimum absolute atomic E-state index is 0. The third-order valence-corrected chi connectivity index (χ3v) is 1.76. The van der Waals surface area contributed by atoms with Crippen molar-refractivity contribution in [3.05, 3.63) is 18.0 Å². The number of aryl methyl sites for hydroxylation is 1. The van der Waals surface area contributed by atoms with E-state index >= 15 is 0 Å². The number of thiazole rings is 1. The molecular weight excluding hydrogens is 221 g/mol. The molecule has 0 saturated carbocycles. The van der Waals surface area contributed by atoms with Crippen molar-refractivity contribution in [2.45, 2.75) is 12.8 Å². The van der Waals surface area contributed by atoms with Crippen LogP contribution in [-0.4, -0.2) is 4.98 Å². The van der Waals surface area contributed by atoms with Crippen LogP contribution >= 0.6 is 11.3 Å². The fourth-order valence-electron chi connectivity index (χ4n) is 0.557. The second kappa shape index (κ2) is 5.22. The number of aromatic nitrogens is 1. The van der Waals surface area contributed by atoms with Gasteiger partial charge >= 0.3 is 0 Å². The molecule has 1 radical (unpaired) electrons. The molecule has 0 bridgehead atoms. The average molecular weight is 229 g/mol. The number of rotatable bonds is 2. The molecule has 10 heavy (non-hydrogen) atoms. The Kier molecular flexibility index (Phi) is 5.50. The van der Waals surface area contributed by atoms with Gasteiger partial charge in [0.1, 0.15) is 0 Å². The molecule has 0 aliphatic rings. The van der Waals surface area contributed by atoms with Crippen LogP contribution in [0.25, 0.3) is 0 Å². The number of nitrogens with zero attached hydrogens (tertiary/aromatic N) is 1. The van der Waals surface area contributed by atoms with E-state index in [9.17, 15) is 0 Å². The molecule has 0 aromatic carbocycles. The fraction of sp³-hybridized carbons (Fsp3) is 0.333. The Morgan fingerprint density at radius 2 is 2.40 bits per heavy atom. The summed E-state index contributed by atoms with van der Waals surface area (Å²) in [5.74, 6) is 0. The van der Waals surface area contributed by atoms with E-state index in [2.05, 4.69) is 18.1 Å². The Morgan fingerprint density at radius 3 is 2.80 bits per heavy atom. The third-order valence-electron chi connectivity index (χ3n) is 0.922. The Labute approximate surface area is 90.1 Å². The topological polar surface area (TPSA) is 38.9 Å². The van der Waals surface area contributed by atoms with Gasteiger partial charge in [-0.25, -0.2) is 11.3 Å². The number of nitrogen functional groups attached to an aromatic ring is 1. The van der Waals surface area contributed by atoms with E-state index in [1.165, 1.54) is 11.3 Å². The van der Waals surface area contributed by atoms with Crippen molar-refractivity contribution in [1.29, 1.82) is 0 Å². The van der Waals surface area contributed by atoms with Gasteiger partial charge in [-0.3, -0.25) is 0 Å². The fourth-order valence-corrected chi connectivity index (χ4v) is 1.24. The van der Waals surface area contributed by atoms with E-state index < -0.39 is 0 Å². The van der Waals surface area contributed by atoms with Gasteiger partial charge in [0.15, 0.2) is 0 Å². The third kappa shape index (κ3) is 3.08. The van der Waals surface area contributed by atoms with E-state index in [0.717, 1.165) is 17.7 Å². The van der Waals surface area contributed by atoms with Crippen LogP contribution < -0.4 is 5.73 Å². The monoisotopic (exact) mass is 229 g/mol. The predicted molar refractivity (Wildman–Crippen MR) is 39.0 cm³/mol. The zero-order valence-electron chi connectivity index (χ0n) is 5.63. The standard InChI is InChI=1S/C6H8N2S.Y/c1-2-3-5-4-8-6(7)9-5;/h1-3H2,(H2,7,8);/q-2;. The minimum atomic E-state index is 0. The molecule has 1 rings (SSSR count). The molecule has 0 aliphatic heterocycles. The van der Waals surface area contributed by atoms with Gasteiger partial charge in [-0.15, -0.1) is 6.20 Å². The van der Waals surface area contributed by atoms with Crippen LogP contribution in [0.4, 0.5) is 5.13 Å². The van der Waals surface area contributed by atoms with Crippen molar-refractivity contribution in [2.75, 3.05) is 5.73 Å². The molecule has 0 aliphatic carbocycles. The molecular formula is C6H8N2SY-2. The molecule has 1 heterocycles. The second-order valence-electron chi connectivity index (χ2n) is 1.69. The average Bonchev–Trinajstić information content (AvgIpc) is 2.17. The van der Waals surface area contributed by atoms with Crippen LogP contribution in [0.3, 0.4) is 0 Å². The van der Waals surface area contributed by atoms with Gasteiger partial charge in [-0.05, 0) is 0 Å². The van der Waals surface area contributed by atoms with E-state index in [1.807, 2.05) is 0 Å². The SMILES string of the molecule is [CH2-]CCc1[c-]nc(N)s1.[Y]. The smallest absolute Gasteiger partial charge is 0.0212 e. The Balaban J connectivity index is 0.000000810. The van der Waals surface area contributed by atoms with E-state index in [-0.39, 0.29) is 32.7 Å². The molecule has 2 N–H and O–H groups in total. The second-order valence-corrected chi connectivity index (χ2v) is 2.81. The first-order valence-corrected chi connectivity index (χ1v) is 3.56. The summed E-state index contributed by atoms with van der Waals surface area (Å²) in [6, 6.07) is 0. The maximum absolute atomic E-state index is 5.36. The van der Waals surface area contributed by atoms with Crippen molar-refractivity contribution < 1.29 is 32.7 Å². The Hall–Kier alpha value is 0.534. The number of nitrogens with two attached hydrogens (primary N) is 1. The largest absolute Gasteiger partial charge is 0.452 e. The summed E-state index contributed by atoms with van der Waals surface area (Å²) in [5.41, 5.74) is 5.36. The Bertz CT molecular complexity index is 188. The summed E-state index contributed by atoms with van der Waals surface area (Å²) in [7, 11) is 0. The van der Waals surface area contributed by atoms with E-state index in [1.54, 1.807) is 0 Å². The number of hydrogen-bond acceptors (Lipinski definition) is 3. The summed E-state index contributed by atoms with van der Waals surface area (Å²) >= 11 is 1.48. The van der Waals surface area contributed by atoms with E-state index in [0.29, 0.717) is 5.13 Å². The molecule has 2 nitrogen and oxygen atoms in total. The summed E-state index contributed by atoms with van der Waals surface area (Å²) < 4.78 is 0. The van der Waals surface area contributed by atoms with Crippen molar-refractivity contribution in [2.24, 2.45) is 0 Å².